The third-order valence-electron chi connectivity index (χ3n) is 1.66. The molecule has 3 nitrogen and oxygen atoms in total. The van der Waals surface area contributed by atoms with Crippen molar-refractivity contribution in [3.05, 3.63) is 0 Å². The molecule has 0 bridgehead atoms. The summed E-state index contributed by atoms with van der Waals surface area (Å²) in [5.41, 5.74) is -2.62. The van der Waals surface area contributed by atoms with Crippen LogP contribution in [-0.2, 0) is 9.53 Å². The Labute approximate surface area is 67.9 Å². The molecular formula is C6H10F3NO2. The Morgan fingerprint density at radius 1 is 1.42 bits per heavy atom. The van der Waals surface area contributed by atoms with Gasteiger partial charge in [-0.2, -0.15) is 13.2 Å². The van der Waals surface area contributed by atoms with E-state index >= 15 is 0 Å². The lowest BCUT2D eigenvalue weighted by Gasteiger charge is -2.28. The number of ether oxygens (including phenoxy) is 1. The molecule has 0 aromatic heterocycles. The fraction of sp³-hybridized carbons (Fsp3) is 0.833. The Morgan fingerprint density at radius 3 is 1.92 bits per heavy atom. The number of halogens is 3. The molecule has 1 N–H and O–H groups in total. The number of hydrogen-bond acceptors (Lipinski definition) is 3. The van der Waals surface area contributed by atoms with Crippen molar-refractivity contribution in [2.45, 2.75) is 18.6 Å². The quantitative estimate of drug-likeness (QED) is 0.643. The maximum atomic E-state index is 12.2. The number of esters is 1. The molecule has 0 heterocycles. The Bertz CT molecular complexity index is 180. The van der Waals surface area contributed by atoms with Gasteiger partial charge in [-0.3, -0.25) is 5.32 Å². The van der Waals surface area contributed by atoms with E-state index in [9.17, 15) is 18.0 Å². The van der Waals surface area contributed by atoms with Crippen LogP contribution in [0.15, 0.2) is 0 Å². The smallest absolute Gasteiger partial charge is 0.417 e. The van der Waals surface area contributed by atoms with E-state index in [4.69, 9.17) is 0 Å². The molecule has 1 atom stereocenters. The summed E-state index contributed by atoms with van der Waals surface area (Å²) >= 11 is 0. The minimum Gasteiger partial charge on any atom is -0.467 e. The first-order chi connectivity index (χ1) is 5.29. The molecule has 0 aromatic rings. The van der Waals surface area contributed by atoms with Crippen molar-refractivity contribution in [3.63, 3.8) is 0 Å². The maximum absolute atomic E-state index is 12.2. The Morgan fingerprint density at radius 2 is 1.83 bits per heavy atom. The van der Waals surface area contributed by atoms with Crippen molar-refractivity contribution in [2.24, 2.45) is 0 Å². The third kappa shape index (κ3) is 1.69. The summed E-state index contributed by atoms with van der Waals surface area (Å²) in [7, 11) is 1.95. The lowest BCUT2D eigenvalue weighted by molar-refractivity contribution is -0.206. The standard InChI is InChI=1S/C6H10F3NO2/c1-5(10-2,4(11)12-3)6(7,8)9/h10H,1-3H3. The van der Waals surface area contributed by atoms with E-state index in [1.807, 2.05) is 5.32 Å². The van der Waals surface area contributed by atoms with Gasteiger partial charge in [-0.1, -0.05) is 0 Å². The second-order valence-corrected chi connectivity index (χ2v) is 2.36. The van der Waals surface area contributed by atoms with Crippen molar-refractivity contribution >= 4 is 5.97 Å². The molecule has 12 heavy (non-hydrogen) atoms. The molecule has 0 aliphatic rings. The zero-order valence-electron chi connectivity index (χ0n) is 6.95. The number of carbonyl (C=O) groups is 1. The average Bonchev–Trinajstić information content (AvgIpc) is 1.99. The molecule has 0 aliphatic carbocycles. The predicted molar refractivity (Wildman–Crippen MR) is 35.5 cm³/mol. The van der Waals surface area contributed by atoms with Gasteiger partial charge in [0.15, 0.2) is 0 Å². The second-order valence-electron chi connectivity index (χ2n) is 2.36. The Balaban J connectivity index is 4.80. The van der Waals surface area contributed by atoms with E-state index in [-0.39, 0.29) is 0 Å². The van der Waals surface area contributed by atoms with Gasteiger partial charge < -0.3 is 4.74 Å². The number of carbonyl (C=O) groups excluding carboxylic acids is 1. The van der Waals surface area contributed by atoms with E-state index in [0.717, 1.165) is 21.1 Å². The van der Waals surface area contributed by atoms with Crippen LogP contribution >= 0.6 is 0 Å². The van der Waals surface area contributed by atoms with Crippen molar-refractivity contribution in [3.8, 4) is 0 Å². The molecule has 6 heteroatoms. The van der Waals surface area contributed by atoms with E-state index in [1.165, 1.54) is 0 Å². The average molecular weight is 185 g/mol. The van der Waals surface area contributed by atoms with Gasteiger partial charge in [-0.15, -0.1) is 0 Å². The van der Waals surface area contributed by atoms with Gasteiger partial charge >= 0.3 is 12.1 Å². The minimum atomic E-state index is -4.66. The van der Waals surface area contributed by atoms with Crippen molar-refractivity contribution in [1.29, 1.82) is 0 Å². The summed E-state index contributed by atoms with van der Waals surface area (Å²) in [6.45, 7) is 0.721. The summed E-state index contributed by atoms with van der Waals surface area (Å²) in [4.78, 5) is 10.7. The van der Waals surface area contributed by atoms with Crippen LogP contribution < -0.4 is 5.32 Å². The van der Waals surface area contributed by atoms with Crippen molar-refractivity contribution in [2.75, 3.05) is 14.2 Å². The van der Waals surface area contributed by atoms with Crippen LogP contribution in [0.3, 0.4) is 0 Å². The SMILES string of the molecule is CNC(C)(C(=O)OC)C(F)(F)F. The molecule has 1 unspecified atom stereocenters. The largest absolute Gasteiger partial charge is 0.467 e. The fourth-order valence-electron chi connectivity index (χ4n) is 0.564. The highest BCUT2D eigenvalue weighted by Gasteiger charge is 2.56. The highest BCUT2D eigenvalue weighted by molar-refractivity contribution is 5.81. The van der Waals surface area contributed by atoms with Crippen LogP contribution in [0.4, 0.5) is 13.2 Å². The van der Waals surface area contributed by atoms with Crippen LogP contribution in [0.2, 0.25) is 0 Å². The molecule has 0 rings (SSSR count). The third-order valence-corrected chi connectivity index (χ3v) is 1.66. The van der Waals surface area contributed by atoms with Gasteiger partial charge in [0.25, 0.3) is 0 Å². The topological polar surface area (TPSA) is 38.3 Å². The van der Waals surface area contributed by atoms with E-state index in [0.29, 0.717) is 0 Å². The second kappa shape index (κ2) is 3.30. The first-order valence-corrected chi connectivity index (χ1v) is 3.13. The number of likely N-dealkylation sites (N-methyl/N-ethyl adjacent to an activating group) is 1. The van der Waals surface area contributed by atoms with Crippen LogP contribution in [-0.4, -0.2) is 31.8 Å². The Hall–Kier alpha value is -0.780. The van der Waals surface area contributed by atoms with Gasteiger partial charge in [0, 0.05) is 0 Å². The minimum absolute atomic E-state index is 0.721. The summed E-state index contributed by atoms with van der Waals surface area (Å²) in [5.74, 6) is -1.35. The number of methoxy groups -OCH3 is 1. The number of rotatable bonds is 2. The van der Waals surface area contributed by atoms with Crippen molar-refractivity contribution in [1.82, 2.24) is 5.32 Å². The highest BCUT2D eigenvalue weighted by atomic mass is 19.4. The molecule has 72 valence electrons. The summed E-state index contributed by atoms with van der Waals surface area (Å²) < 4.78 is 40.5. The van der Waals surface area contributed by atoms with Gasteiger partial charge in [-0.25, -0.2) is 4.79 Å². The van der Waals surface area contributed by atoms with E-state index in [1.54, 1.807) is 0 Å². The maximum Gasteiger partial charge on any atom is 0.417 e. The number of alkyl halides is 3. The number of nitrogens with one attached hydrogen (secondary N) is 1. The van der Waals surface area contributed by atoms with E-state index in [2.05, 4.69) is 4.74 Å². The highest BCUT2D eigenvalue weighted by Crippen LogP contribution is 2.30. The molecule has 0 radical (unpaired) electrons. The van der Waals surface area contributed by atoms with Crippen LogP contribution in [0.1, 0.15) is 6.92 Å². The lowest BCUT2D eigenvalue weighted by Crippen LogP contribution is -2.59. The van der Waals surface area contributed by atoms with Crippen LogP contribution in [0.25, 0.3) is 0 Å². The van der Waals surface area contributed by atoms with Gasteiger partial charge in [0.1, 0.15) is 0 Å². The molecular weight excluding hydrogens is 175 g/mol. The van der Waals surface area contributed by atoms with Crippen molar-refractivity contribution < 1.29 is 22.7 Å². The van der Waals surface area contributed by atoms with Gasteiger partial charge in [0.2, 0.25) is 5.54 Å². The first-order valence-electron chi connectivity index (χ1n) is 3.13. The summed E-state index contributed by atoms with van der Waals surface area (Å²) in [6.07, 6.45) is -4.66. The number of hydrogen-bond donors (Lipinski definition) is 1. The first kappa shape index (κ1) is 11.2. The lowest BCUT2D eigenvalue weighted by atomic mass is 10.0. The molecule has 0 aliphatic heterocycles. The molecule has 0 spiro atoms. The van der Waals surface area contributed by atoms with E-state index < -0.39 is 17.7 Å². The zero-order valence-corrected chi connectivity index (χ0v) is 6.95. The van der Waals surface area contributed by atoms with Crippen LogP contribution in [0, 0.1) is 0 Å². The predicted octanol–water partition coefficient (Wildman–Crippen LogP) is 0.700. The van der Waals surface area contributed by atoms with Crippen LogP contribution in [0.5, 0.6) is 0 Å². The fourth-order valence-corrected chi connectivity index (χ4v) is 0.564. The zero-order chi connectivity index (χ0) is 9.99. The molecule has 0 fully saturated rings. The van der Waals surface area contributed by atoms with Gasteiger partial charge in [0.05, 0.1) is 7.11 Å². The Kier molecular flexibility index (Phi) is 3.09. The normalized spacial score (nSPS) is 16.8. The molecule has 0 saturated heterocycles. The van der Waals surface area contributed by atoms with Gasteiger partial charge in [-0.05, 0) is 14.0 Å². The summed E-state index contributed by atoms with van der Waals surface area (Å²) in [5, 5.41) is 1.87. The monoisotopic (exact) mass is 185 g/mol. The summed E-state index contributed by atoms with van der Waals surface area (Å²) in [6, 6.07) is 0. The molecule has 0 aromatic carbocycles. The molecule has 0 amide bonds. The molecule has 0 saturated carbocycles.